The number of benzene rings is 1. The Morgan fingerprint density at radius 2 is 1.82 bits per heavy atom. The monoisotopic (exact) mass is 316 g/mol. The molecule has 1 aromatic rings. The number of alkyl halides is 5. The van der Waals surface area contributed by atoms with E-state index in [4.69, 9.17) is 0 Å². The largest absolute Gasteiger partial charge is 0.416 e. The molecule has 0 aliphatic rings. The van der Waals surface area contributed by atoms with Gasteiger partial charge in [0.05, 0.1) is 5.56 Å². The van der Waals surface area contributed by atoms with E-state index >= 15 is 0 Å². The summed E-state index contributed by atoms with van der Waals surface area (Å²) in [4.78, 5) is 11.1. The minimum Gasteiger partial charge on any atom is -0.294 e. The molecule has 0 unspecified atom stereocenters. The average Bonchev–Trinajstić information content (AvgIpc) is 2.14. The van der Waals surface area contributed by atoms with Crippen LogP contribution in [0.5, 0.6) is 0 Å². The van der Waals surface area contributed by atoms with Gasteiger partial charge in [-0.25, -0.2) is 8.78 Å². The first-order valence-electron chi connectivity index (χ1n) is 4.35. The second-order valence-corrected chi connectivity index (χ2v) is 4.09. The molecule has 7 heteroatoms. The molecule has 0 amide bonds. The molecule has 0 heterocycles. The van der Waals surface area contributed by atoms with Gasteiger partial charge in [-0.05, 0) is 19.1 Å². The summed E-state index contributed by atoms with van der Waals surface area (Å²) in [5.74, 6) is -0.849. The van der Waals surface area contributed by atoms with Gasteiger partial charge >= 0.3 is 6.18 Å². The fourth-order valence-corrected chi connectivity index (χ4v) is 2.05. The fraction of sp³-hybridized carbons (Fsp3) is 0.300. The lowest BCUT2D eigenvalue weighted by atomic mass is 9.98. The van der Waals surface area contributed by atoms with Gasteiger partial charge < -0.3 is 0 Å². The molecular weight excluding hydrogens is 311 g/mol. The van der Waals surface area contributed by atoms with Crippen molar-refractivity contribution in [1.29, 1.82) is 0 Å². The summed E-state index contributed by atoms with van der Waals surface area (Å²) < 4.78 is 62.9. The molecular formula is C10H6BrF5O. The Kier molecular flexibility index (Phi) is 3.91. The molecule has 0 saturated heterocycles. The number of hydrogen-bond acceptors (Lipinski definition) is 1. The zero-order chi connectivity index (χ0) is 13.4. The van der Waals surface area contributed by atoms with Crippen LogP contribution in [0.2, 0.25) is 0 Å². The van der Waals surface area contributed by atoms with Crippen LogP contribution in [0.4, 0.5) is 22.0 Å². The Morgan fingerprint density at radius 1 is 1.29 bits per heavy atom. The van der Waals surface area contributed by atoms with Crippen molar-refractivity contribution in [3.8, 4) is 0 Å². The van der Waals surface area contributed by atoms with Gasteiger partial charge in [0, 0.05) is 15.6 Å². The maximum atomic E-state index is 12.7. The van der Waals surface area contributed by atoms with E-state index in [9.17, 15) is 26.7 Å². The molecule has 0 spiro atoms. The van der Waals surface area contributed by atoms with Crippen molar-refractivity contribution in [3.63, 3.8) is 0 Å². The molecule has 94 valence electrons. The maximum absolute atomic E-state index is 12.7. The van der Waals surface area contributed by atoms with Gasteiger partial charge in [0.25, 0.3) is 6.43 Å². The van der Waals surface area contributed by atoms with Gasteiger partial charge in [-0.3, -0.25) is 4.79 Å². The van der Waals surface area contributed by atoms with E-state index in [1.165, 1.54) is 0 Å². The number of carbonyl (C=O) groups excluding carboxylic acids is 1. The molecule has 0 fully saturated rings. The van der Waals surface area contributed by atoms with Crippen LogP contribution in [-0.2, 0) is 6.18 Å². The quantitative estimate of drug-likeness (QED) is 0.575. The van der Waals surface area contributed by atoms with Crippen LogP contribution >= 0.6 is 15.9 Å². The molecule has 17 heavy (non-hydrogen) atoms. The van der Waals surface area contributed by atoms with Crippen molar-refractivity contribution in [1.82, 2.24) is 0 Å². The van der Waals surface area contributed by atoms with Gasteiger partial charge in [0.1, 0.15) is 0 Å². The lowest BCUT2D eigenvalue weighted by Gasteiger charge is -2.16. The van der Waals surface area contributed by atoms with Gasteiger partial charge in [-0.15, -0.1) is 0 Å². The highest BCUT2D eigenvalue weighted by Crippen LogP contribution is 2.40. The second-order valence-electron chi connectivity index (χ2n) is 3.24. The minimum absolute atomic E-state index is 0.0756. The van der Waals surface area contributed by atoms with Crippen molar-refractivity contribution < 1.29 is 26.7 Å². The predicted octanol–water partition coefficient (Wildman–Crippen LogP) is 4.61. The van der Waals surface area contributed by atoms with Gasteiger partial charge in [0.15, 0.2) is 5.78 Å². The molecule has 0 bridgehead atoms. The molecule has 0 N–H and O–H groups in total. The minimum atomic E-state index is -4.92. The molecule has 0 radical (unpaired) electrons. The predicted molar refractivity (Wildman–Crippen MR) is 54.1 cm³/mol. The summed E-state index contributed by atoms with van der Waals surface area (Å²) in [5.41, 5.74) is -3.39. The van der Waals surface area contributed by atoms with E-state index in [-0.39, 0.29) is 4.47 Å². The molecule has 0 aliphatic heterocycles. The second kappa shape index (κ2) is 4.72. The van der Waals surface area contributed by atoms with Gasteiger partial charge in [-0.2, -0.15) is 13.2 Å². The number of carbonyl (C=O) groups is 1. The Labute approximate surface area is 102 Å². The topological polar surface area (TPSA) is 17.1 Å². The summed E-state index contributed by atoms with van der Waals surface area (Å²) in [6.07, 6.45) is -8.29. The highest BCUT2D eigenvalue weighted by molar-refractivity contribution is 9.10. The lowest BCUT2D eigenvalue weighted by Crippen LogP contribution is -2.14. The van der Waals surface area contributed by atoms with E-state index in [1.54, 1.807) is 0 Å². The number of ketones is 1. The van der Waals surface area contributed by atoms with Crippen LogP contribution in [-0.4, -0.2) is 5.78 Å². The summed E-state index contributed by atoms with van der Waals surface area (Å²) in [7, 11) is 0. The van der Waals surface area contributed by atoms with Gasteiger partial charge in [-0.1, -0.05) is 15.9 Å². The Bertz CT molecular complexity index is 453. The molecule has 0 aromatic heterocycles. The molecule has 1 aromatic carbocycles. The van der Waals surface area contributed by atoms with Crippen LogP contribution in [0.15, 0.2) is 16.6 Å². The Hall–Kier alpha value is -0.980. The summed E-state index contributed by atoms with van der Waals surface area (Å²) in [6.45, 7) is 0.937. The Balaban J connectivity index is 3.65. The third kappa shape index (κ3) is 2.83. The number of rotatable bonds is 2. The lowest BCUT2D eigenvalue weighted by molar-refractivity contribution is -0.139. The molecule has 1 nitrogen and oxygen atoms in total. The summed E-state index contributed by atoms with van der Waals surface area (Å²) in [5, 5.41) is 0. The van der Waals surface area contributed by atoms with E-state index in [0.717, 1.165) is 13.0 Å². The van der Waals surface area contributed by atoms with Crippen LogP contribution in [0, 0.1) is 0 Å². The standard InChI is InChI=1S/C10H6BrF5O/c1-4(17)7-6(11)3-2-5(10(14,15)16)8(7)9(12)13/h2-3,9H,1H3. The van der Waals surface area contributed by atoms with Crippen LogP contribution in [0.25, 0.3) is 0 Å². The first-order valence-corrected chi connectivity index (χ1v) is 5.14. The highest BCUT2D eigenvalue weighted by atomic mass is 79.9. The van der Waals surface area contributed by atoms with Crippen molar-refractivity contribution in [2.75, 3.05) is 0 Å². The van der Waals surface area contributed by atoms with Crippen molar-refractivity contribution >= 4 is 21.7 Å². The third-order valence-electron chi connectivity index (χ3n) is 2.07. The zero-order valence-electron chi connectivity index (χ0n) is 8.41. The fourth-order valence-electron chi connectivity index (χ4n) is 1.42. The maximum Gasteiger partial charge on any atom is 0.416 e. The van der Waals surface area contributed by atoms with E-state index in [0.29, 0.717) is 6.07 Å². The SMILES string of the molecule is CC(=O)c1c(Br)ccc(C(F)(F)F)c1C(F)F. The smallest absolute Gasteiger partial charge is 0.294 e. The number of halogens is 6. The van der Waals surface area contributed by atoms with Gasteiger partial charge in [0.2, 0.25) is 0 Å². The number of hydrogen-bond donors (Lipinski definition) is 0. The van der Waals surface area contributed by atoms with Crippen LogP contribution < -0.4 is 0 Å². The van der Waals surface area contributed by atoms with Crippen molar-refractivity contribution in [3.05, 3.63) is 33.3 Å². The van der Waals surface area contributed by atoms with Crippen molar-refractivity contribution in [2.45, 2.75) is 19.5 Å². The Morgan fingerprint density at radius 3 is 2.18 bits per heavy atom. The first kappa shape index (κ1) is 14.1. The normalized spacial score (nSPS) is 12.0. The zero-order valence-corrected chi connectivity index (χ0v) is 9.99. The molecule has 0 saturated carbocycles. The summed E-state index contributed by atoms with van der Waals surface area (Å²) in [6, 6.07) is 1.46. The van der Waals surface area contributed by atoms with Crippen LogP contribution in [0.1, 0.15) is 34.8 Å². The summed E-state index contributed by atoms with van der Waals surface area (Å²) >= 11 is 2.80. The van der Waals surface area contributed by atoms with E-state index in [2.05, 4.69) is 15.9 Å². The average molecular weight is 317 g/mol. The highest BCUT2D eigenvalue weighted by Gasteiger charge is 2.38. The van der Waals surface area contributed by atoms with E-state index in [1.807, 2.05) is 0 Å². The third-order valence-corrected chi connectivity index (χ3v) is 2.73. The molecule has 0 atom stereocenters. The molecule has 0 aliphatic carbocycles. The number of Topliss-reactive ketones (excluding diaryl/α,β-unsaturated/α-hetero) is 1. The first-order chi connectivity index (χ1) is 7.66. The van der Waals surface area contributed by atoms with Crippen molar-refractivity contribution in [2.24, 2.45) is 0 Å². The molecule has 1 rings (SSSR count). The van der Waals surface area contributed by atoms with E-state index < -0.39 is 35.1 Å². The van der Waals surface area contributed by atoms with Crippen LogP contribution in [0.3, 0.4) is 0 Å².